The fourth-order valence-electron chi connectivity index (χ4n) is 3.35. The monoisotopic (exact) mass is 402 g/mol. The number of hydrogen-bond donors (Lipinski definition) is 3. The van der Waals surface area contributed by atoms with Crippen molar-refractivity contribution in [2.75, 3.05) is 38.2 Å². The molecule has 1 heterocycles. The van der Waals surface area contributed by atoms with Gasteiger partial charge in [0.15, 0.2) is 5.96 Å². The number of nitrogens with one attached hydrogen (secondary N) is 3. The van der Waals surface area contributed by atoms with E-state index in [0.717, 1.165) is 82.2 Å². The van der Waals surface area contributed by atoms with Crippen LogP contribution in [0.2, 0.25) is 0 Å². The number of carbonyl (C=O) groups excluding carboxylic acids is 1. The molecule has 1 aromatic rings. The molecule has 1 aromatic carbocycles. The average Bonchev–Trinajstić information content (AvgIpc) is 3.18. The fraction of sp³-hybridized carbons (Fsp3) is 0.636. The van der Waals surface area contributed by atoms with Gasteiger partial charge in [0.25, 0.3) is 0 Å². The minimum absolute atomic E-state index is 0.137. The summed E-state index contributed by atoms with van der Waals surface area (Å²) in [6, 6.07) is 7.93. The Morgan fingerprint density at radius 3 is 2.90 bits per heavy atom. The summed E-state index contributed by atoms with van der Waals surface area (Å²) in [4.78, 5) is 16.8. The second-order valence-electron chi connectivity index (χ2n) is 7.65. The van der Waals surface area contributed by atoms with E-state index in [1.165, 1.54) is 0 Å². The number of guanidine groups is 1. The van der Waals surface area contributed by atoms with Crippen LogP contribution in [0.1, 0.15) is 44.6 Å². The highest BCUT2D eigenvalue weighted by Gasteiger charge is 2.25. The molecule has 1 atom stereocenters. The number of nitrogens with zero attached hydrogens (tertiary/aromatic N) is 1. The molecule has 3 rings (SSSR count). The van der Waals surface area contributed by atoms with E-state index in [-0.39, 0.29) is 17.9 Å². The lowest BCUT2D eigenvalue weighted by molar-refractivity contribution is -0.122. The van der Waals surface area contributed by atoms with Gasteiger partial charge in [-0.3, -0.25) is 4.79 Å². The molecular formula is C22H34N4O3. The lowest BCUT2D eigenvalue weighted by Crippen LogP contribution is -2.38. The van der Waals surface area contributed by atoms with Crippen LogP contribution in [-0.4, -0.2) is 50.9 Å². The third-order valence-electron chi connectivity index (χ3n) is 5.29. The lowest BCUT2D eigenvalue weighted by Gasteiger charge is -2.24. The van der Waals surface area contributed by atoms with Gasteiger partial charge in [-0.15, -0.1) is 0 Å². The highest BCUT2D eigenvalue weighted by atomic mass is 16.5. The van der Waals surface area contributed by atoms with Crippen LogP contribution in [0, 0.1) is 5.92 Å². The SMILES string of the molecule is CCNC(=NCc1cccc(NC(=O)C2CCC2)c1)NCCCOC1CCOC1. The zero-order valence-corrected chi connectivity index (χ0v) is 17.4. The molecule has 0 radical (unpaired) electrons. The van der Waals surface area contributed by atoms with Crippen molar-refractivity contribution in [3.05, 3.63) is 29.8 Å². The number of rotatable bonds is 10. The van der Waals surface area contributed by atoms with Crippen LogP contribution >= 0.6 is 0 Å². The maximum atomic E-state index is 12.1. The molecule has 0 spiro atoms. The van der Waals surface area contributed by atoms with Gasteiger partial charge in [0, 0.05) is 37.9 Å². The van der Waals surface area contributed by atoms with E-state index in [1.54, 1.807) is 0 Å². The van der Waals surface area contributed by atoms with Crippen LogP contribution in [0.25, 0.3) is 0 Å². The molecule has 7 nitrogen and oxygen atoms in total. The molecule has 0 aromatic heterocycles. The summed E-state index contributed by atoms with van der Waals surface area (Å²) in [7, 11) is 0. The number of aliphatic imine (C=N–C) groups is 1. The molecule has 7 heteroatoms. The van der Waals surface area contributed by atoms with Crippen molar-refractivity contribution in [2.45, 2.75) is 51.7 Å². The van der Waals surface area contributed by atoms with Crippen molar-refractivity contribution in [3.63, 3.8) is 0 Å². The predicted octanol–water partition coefficient (Wildman–Crippen LogP) is 2.68. The summed E-state index contributed by atoms with van der Waals surface area (Å²) in [6.45, 7) is 6.47. The standard InChI is InChI=1S/C22H34N4O3/c1-2-23-22(24-11-5-12-29-20-10-13-28-16-20)25-15-17-6-3-9-19(14-17)26-21(27)18-7-4-8-18/h3,6,9,14,18,20H,2,4-5,7-8,10-13,15-16H2,1H3,(H,26,27)(H2,23,24,25). The zero-order valence-electron chi connectivity index (χ0n) is 17.4. The van der Waals surface area contributed by atoms with Gasteiger partial charge in [0.2, 0.25) is 5.91 Å². The Bertz CT molecular complexity index is 670. The van der Waals surface area contributed by atoms with Gasteiger partial charge in [-0.05, 0) is 50.3 Å². The smallest absolute Gasteiger partial charge is 0.227 e. The van der Waals surface area contributed by atoms with Crippen LogP contribution in [0.4, 0.5) is 5.69 Å². The molecule has 160 valence electrons. The first-order chi connectivity index (χ1) is 14.2. The molecule has 1 aliphatic heterocycles. The topological polar surface area (TPSA) is 84.0 Å². The van der Waals surface area contributed by atoms with Crippen LogP contribution in [0.15, 0.2) is 29.3 Å². The summed E-state index contributed by atoms with van der Waals surface area (Å²) in [5, 5.41) is 9.65. The molecule has 1 aliphatic carbocycles. The fourth-order valence-corrected chi connectivity index (χ4v) is 3.35. The van der Waals surface area contributed by atoms with Gasteiger partial charge in [-0.1, -0.05) is 18.6 Å². The van der Waals surface area contributed by atoms with E-state index < -0.39 is 0 Å². The molecular weight excluding hydrogens is 368 g/mol. The molecule has 1 unspecified atom stereocenters. The number of ether oxygens (including phenoxy) is 2. The zero-order chi connectivity index (χ0) is 20.3. The third-order valence-corrected chi connectivity index (χ3v) is 5.29. The van der Waals surface area contributed by atoms with Gasteiger partial charge in [-0.25, -0.2) is 4.99 Å². The number of anilines is 1. The Morgan fingerprint density at radius 2 is 2.17 bits per heavy atom. The van der Waals surface area contributed by atoms with Crippen molar-refractivity contribution < 1.29 is 14.3 Å². The average molecular weight is 403 g/mol. The molecule has 29 heavy (non-hydrogen) atoms. The van der Waals surface area contributed by atoms with E-state index in [4.69, 9.17) is 9.47 Å². The predicted molar refractivity (Wildman–Crippen MR) is 115 cm³/mol. The molecule has 2 aliphatic rings. The quantitative estimate of drug-likeness (QED) is 0.318. The van der Waals surface area contributed by atoms with Crippen LogP contribution in [-0.2, 0) is 20.8 Å². The highest BCUT2D eigenvalue weighted by Crippen LogP contribution is 2.27. The van der Waals surface area contributed by atoms with Crippen molar-refractivity contribution in [1.29, 1.82) is 0 Å². The van der Waals surface area contributed by atoms with Crippen molar-refractivity contribution in [3.8, 4) is 0 Å². The lowest BCUT2D eigenvalue weighted by atomic mass is 9.85. The van der Waals surface area contributed by atoms with Gasteiger partial charge in [-0.2, -0.15) is 0 Å². The van der Waals surface area contributed by atoms with E-state index in [2.05, 4.69) is 27.9 Å². The molecule has 1 saturated heterocycles. The largest absolute Gasteiger partial charge is 0.379 e. The molecule has 1 saturated carbocycles. The van der Waals surface area contributed by atoms with Crippen LogP contribution in [0.5, 0.6) is 0 Å². The maximum Gasteiger partial charge on any atom is 0.227 e. The molecule has 1 amide bonds. The minimum atomic E-state index is 0.137. The van der Waals surface area contributed by atoms with E-state index in [0.29, 0.717) is 6.54 Å². The van der Waals surface area contributed by atoms with Crippen molar-refractivity contribution in [1.82, 2.24) is 10.6 Å². The molecule has 2 fully saturated rings. The Hall–Kier alpha value is -2.12. The van der Waals surface area contributed by atoms with E-state index in [1.807, 2.05) is 24.3 Å². The Balaban J connectivity index is 1.42. The Morgan fingerprint density at radius 1 is 1.28 bits per heavy atom. The first kappa shape index (κ1) is 21.6. The summed E-state index contributed by atoms with van der Waals surface area (Å²) in [5.41, 5.74) is 1.92. The summed E-state index contributed by atoms with van der Waals surface area (Å²) in [6.07, 6.45) is 5.35. The molecule has 3 N–H and O–H groups in total. The number of carbonyl (C=O) groups is 1. The first-order valence-corrected chi connectivity index (χ1v) is 10.9. The third kappa shape index (κ3) is 7.33. The summed E-state index contributed by atoms with van der Waals surface area (Å²) >= 11 is 0. The second kappa shape index (κ2) is 11.8. The number of hydrogen-bond acceptors (Lipinski definition) is 4. The maximum absolute atomic E-state index is 12.1. The number of amides is 1. The highest BCUT2D eigenvalue weighted by molar-refractivity contribution is 5.93. The number of benzene rings is 1. The molecule has 0 bridgehead atoms. The normalized spacial score (nSPS) is 19.6. The summed E-state index contributed by atoms with van der Waals surface area (Å²) in [5.74, 6) is 1.12. The minimum Gasteiger partial charge on any atom is -0.379 e. The van der Waals surface area contributed by atoms with Crippen molar-refractivity contribution >= 4 is 17.6 Å². The second-order valence-corrected chi connectivity index (χ2v) is 7.65. The van der Waals surface area contributed by atoms with E-state index >= 15 is 0 Å². The van der Waals surface area contributed by atoms with Crippen molar-refractivity contribution in [2.24, 2.45) is 10.9 Å². The van der Waals surface area contributed by atoms with Gasteiger partial charge >= 0.3 is 0 Å². The Kier molecular flexibility index (Phi) is 8.77. The van der Waals surface area contributed by atoms with Gasteiger partial charge in [0.1, 0.15) is 0 Å². The van der Waals surface area contributed by atoms with Crippen LogP contribution < -0.4 is 16.0 Å². The Labute approximate surface area is 173 Å². The van der Waals surface area contributed by atoms with E-state index in [9.17, 15) is 4.79 Å². The summed E-state index contributed by atoms with van der Waals surface area (Å²) < 4.78 is 11.1. The van der Waals surface area contributed by atoms with Crippen LogP contribution in [0.3, 0.4) is 0 Å². The van der Waals surface area contributed by atoms with Gasteiger partial charge in [0.05, 0.1) is 19.3 Å². The van der Waals surface area contributed by atoms with Gasteiger partial charge < -0.3 is 25.4 Å². The first-order valence-electron chi connectivity index (χ1n) is 10.9.